The van der Waals surface area contributed by atoms with Crippen molar-refractivity contribution in [1.29, 1.82) is 0 Å². The van der Waals surface area contributed by atoms with Crippen LogP contribution >= 0.6 is 11.6 Å². The number of aromatic nitrogens is 2. The summed E-state index contributed by atoms with van der Waals surface area (Å²) in [5.74, 6) is 2.55. The van der Waals surface area contributed by atoms with Crippen molar-refractivity contribution in [2.24, 2.45) is 5.92 Å². The van der Waals surface area contributed by atoms with Crippen LogP contribution in [0, 0.1) is 12.8 Å². The quantitative estimate of drug-likeness (QED) is 0.562. The van der Waals surface area contributed by atoms with Crippen LogP contribution < -0.4 is 5.32 Å². The van der Waals surface area contributed by atoms with Gasteiger partial charge in [-0.1, -0.05) is 13.3 Å². The maximum absolute atomic E-state index is 5.75. The molecule has 92 valence electrons. The molecule has 0 saturated heterocycles. The molecule has 1 aromatic heterocycles. The highest BCUT2D eigenvalue weighted by atomic mass is 35.5. The fourth-order valence-corrected chi connectivity index (χ4v) is 2.06. The van der Waals surface area contributed by atoms with E-state index in [1.807, 2.05) is 19.3 Å². The Labute approximate surface area is 103 Å². The van der Waals surface area contributed by atoms with E-state index in [4.69, 9.17) is 11.6 Å². The summed E-state index contributed by atoms with van der Waals surface area (Å²) in [6, 6.07) is 0. The minimum atomic E-state index is 0.710. The van der Waals surface area contributed by atoms with Gasteiger partial charge in [0.1, 0.15) is 5.82 Å². The summed E-state index contributed by atoms with van der Waals surface area (Å²) in [5.41, 5.74) is 0. The van der Waals surface area contributed by atoms with Crippen molar-refractivity contribution in [1.82, 2.24) is 14.9 Å². The number of imidazole rings is 1. The Morgan fingerprint density at radius 3 is 2.94 bits per heavy atom. The first-order valence-electron chi connectivity index (χ1n) is 6.02. The van der Waals surface area contributed by atoms with E-state index in [0.29, 0.717) is 5.92 Å². The van der Waals surface area contributed by atoms with Crippen molar-refractivity contribution in [3.05, 3.63) is 18.2 Å². The number of alkyl halides is 1. The van der Waals surface area contributed by atoms with Gasteiger partial charge >= 0.3 is 0 Å². The van der Waals surface area contributed by atoms with Gasteiger partial charge in [0.15, 0.2) is 0 Å². The topological polar surface area (TPSA) is 29.9 Å². The van der Waals surface area contributed by atoms with Gasteiger partial charge in [0.25, 0.3) is 0 Å². The van der Waals surface area contributed by atoms with Gasteiger partial charge in [0.2, 0.25) is 0 Å². The van der Waals surface area contributed by atoms with Gasteiger partial charge in [-0.15, -0.1) is 11.6 Å². The van der Waals surface area contributed by atoms with Crippen LogP contribution in [-0.2, 0) is 6.54 Å². The Hall–Kier alpha value is -0.540. The highest BCUT2D eigenvalue weighted by Gasteiger charge is 2.04. The van der Waals surface area contributed by atoms with Crippen molar-refractivity contribution in [3.63, 3.8) is 0 Å². The van der Waals surface area contributed by atoms with Gasteiger partial charge in [0, 0.05) is 31.4 Å². The molecule has 0 fully saturated rings. The van der Waals surface area contributed by atoms with Crippen molar-refractivity contribution in [2.75, 3.05) is 19.0 Å². The summed E-state index contributed by atoms with van der Waals surface area (Å²) in [7, 11) is 0. The zero-order valence-electron chi connectivity index (χ0n) is 10.2. The number of halogens is 1. The van der Waals surface area contributed by atoms with Crippen molar-refractivity contribution in [3.8, 4) is 0 Å². The minimum absolute atomic E-state index is 0.710. The SMILES string of the molecule is CCC(CCCl)CNCCn1ccnc1C. The predicted octanol–water partition coefficient (Wildman–Crippen LogP) is 2.44. The molecule has 1 rings (SSSR count). The fourth-order valence-electron chi connectivity index (χ4n) is 1.75. The first kappa shape index (κ1) is 13.5. The Balaban J connectivity index is 2.14. The molecule has 3 nitrogen and oxygen atoms in total. The Morgan fingerprint density at radius 1 is 1.56 bits per heavy atom. The van der Waals surface area contributed by atoms with E-state index in [1.165, 1.54) is 6.42 Å². The number of hydrogen-bond acceptors (Lipinski definition) is 2. The summed E-state index contributed by atoms with van der Waals surface area (Å²) in [5, 5.41) is 3.48. The average molecular weight is 244 g/mol. The van der Waals surface area contributed by atoms with E-state index in [9.17, 15) is 0 Å². The maximum atomic E-state index is 5.75. The number of aryl methyl sites for hydroxylation is 1. The Bertz CT molecular complexity index is 286. The molecule has 4 heteroatoms. The minimum Gasteiger partial charge on any atom is -0.334 e. The van der Waals surface area contributed by atoms with Crippen molar-refractivity contribution in [2.45, 2.75) is 33.2 Å². The van der Waals surface area contributed by atoms with Crippen molar-refractivity contribution >= 4 is 11.6 Å². The highest BCUT2D eigenvalue weighted by molar-refractivity contribution is 6.17. The van der Waals surface area contributed by atoms with E-state index in [-0.39, 0.29) is 0 Å². The Morgan fingerprint density at radius 2 is 2.38 bits per heavy atom. The third-order valence-corrected chi connectivity index (χ3v) is 3.20. The Kier molecular flexibility index (Phi) is 6.50. The van der Waals surface area contributed by atoms with Crippen molar-refractivity contribution < 1.29 is 0 Å². The van der Waals surface area contributed by atoms with E-state index in [2.05, 4.69) is 21.8 Å². The smallest absolute Gasteiger partial charge is 0.105 e. The lowest BCUT2D eigenvalue weighted by atomic mass is 10.0. The molecule has 1 unspecified atom stereocenters. The standard InChI is InChI=1S/C12H22ClN3/c1-3-12(4-5-13)10-14-6-8-16-9-7-15-11(16)2/h7,9,12,14H,3-6,8,10H2,1-2H3. The van der Waals surface area contributed by atoms with Gasteiger partial charge in [-0.05, 0) is 25.8 Å². The maximum Gasteiger partial charge on any atom is 0.105 e. The summed E-state index contributed by atoms with van der Waals surface area (Å²) in [6.07, 6.45) is 6.17. The summed E-state index contributed by atoms with van der Waals surface area (Å²) in [6.45, 7) is 7.30. The lowest BCUT2D eigenvalue weighted by Gasteiger charge is -2.14. The van der Waals surface area contributed by atoms with Crippen LogP contribution in [0.1, 0.15) is 25.6 Å². The first-order chi connectivity index (χ1) is 7.77. The van der Waals surface area contributed by atoms with Gasteiger partial charge in [-0.2, -0.15) is 0 Å². The summed E-state index contributed by atoms with van der Waals surface area (Å²) < 4.78 is 2.16. The zero-order valence-corrected chi connectivity index (χ0v) is 11.0. The number of nitrogens with one attached hydrogen (secondary N) is 1. The zero-order chi connectivity index (χ0) is 11.8. The van der Waals surface area contributed by atoms with E-state index in [1.54, 1.807) is 0 Å². The number of hydrogen-bond donors (Lipinski definition) is 1. The van der Waals surface area contributed by atoms with Crippen LogP contribution in [0.25, 0.3) is 0 Å². The van der Waals surface area contributed by atoms with E-state index < -0.39 is 0 Å². The van der Waals surface area contributed by atoms with Crippen LogP contribution in [0.3, 0.4) is 0 Å². The molecule has 1 aromatic rings. The van der Waals surface area contributed by atoms with Crippen LogP contribution in [0.4, 0.5) is 0 Å². The lowest BCUT2D eigenvalue weighted by molar-refractivity contribution is 0.442. The molecule has 0 saturated carbocycles. The van der Waals surface area contributed by atoms with Crippen LogP contribution in [0.2, 0.25) is 0 Å². The molecule has 1 heterocycles. The molecule has 0 spiro atoms. The summed E-state index contributed by atoms with van der Waals surface area (Å²) >= 11 is 5.75. The molecule has 0 aliphatic heterocycles. The van der Waals surface area contributed by atoms with Gasteiger partial charge < -0.3 is 9.88 Å². The van der Waals surface area contributed by atoms with Gasteiger partial charge in [0.05, 0.1) is 0 Å². The van der Waals surface area contributed by atoms with E-state index in [0.717, 1.165) is 37.8 Å². The fraction of sp³-hybridized carbons (Fsp3) is 0.750. The average Bonchev–Trinajstić information content (AvgIpc) is 2.69. The van der Waals surface area contributed by atoms with E-state index >= 15 is 0 Å². The second-order valence-electron chi connectivity index (χ2n) is 4.12. The largest absolute Gasteiger partial charge is 0.334 e. The molecule has 0 radical (unpaired) electrons. The molecule has 16 heavy (non-hydrogen) atoms. The van der Waals surface area contributed by atoms with Crippen LogP contribution in [0.5, 0.6) is 0 Å². The molecule has 1 atom stereocenters. The first-order valence-corrected chi connectivity index (χ1v) is 6.55. The normalized spacial score (nSPS) is 12.9. The number of rotatable bonds is 8. The molecular weight excluding hydrogens is 222 g/mol. The molecule has 1 N–H and O–H groups in total. The predicted molar refractivity (Wildman–Crippen MR) is 69.0 cm³/mol. The monoisotopic (exact) mass is 243 g/mol. The lowest BCUT2D eigenvalue weighted by Crippen LogP contribution is -2.26. The highest BCUT2D eigenvalue weighted by Crippen LogP contribution is 2.07. The van der Waals surface area contributed by atoms with Crippen LogP contribution in [-0.4, -0.2) is 28.5 Å². The third kappa shape index (κ3) is 4.54. The van der Waals surface area contributed by atoms with Gasteiger partial charge in [-0.25, -0.2) is 4.98 Å². The molecule has 0 amide bonds. The summed E-state index contributed by atoms with van der Waals surface area (Å²) in [4.78, 5) is 4.19. The molecule has 0 bridgehead atoms. The molecule has 0 aliphatic rings. The second-order valence-corrected chi connectivity index (χ2v) is 4.50. The van der Waals surface area contributed by atoms with Crippen LogP contribution in [0.15, 0.2) is 12.4 Å². The molecule has 0 aliphatic carbocycles. The third-order valence-electron chi connectivity index (χ3n) is 2.98. The molecular formula is C12H22ClN3. The second kappa shape index (κ2) is 7.69. The van der Waals surface area contributed by atoms with Gasteiger partial charge in [-0.3, -0.25) is 0 Å². The molecule has 0 aromatic carbocycles. The number of nitrogens with zero attached hydrogens (tertiary/aromatic N) is 2.